The van der Waals surface area contributed by atoms with E-state index in [1.54, 1.807) is 6.33 Å². The predicted octanol–water partition coefficient (Wildman–Crippen LogP) is 4.09. The van der Waals surface area contributed by atoms with Crippen LogP contribution < -0.4 is 5.32 Å². The highest BCUT2D eigenvalue weighted by Crippen LogP contribution is 2.46. The third-order valence-electron chi connectivity index (χ3n) is 5.39. The standard InChI is InChI=1S/C21H20N4O/c1-21(2)10-16-18(17(26)11-21)19(25-20(24-16)22-12-23-25)15-9-5-7-13-6-3-4-8-14(13)15/h3-9,12,19H,10-11H2,1-2H3,(H,22,23,24)/t19-/m1/s1. The van der Waals surface area contributed by atoms with Gasteiger partial charge in [0.05, 0.1) is 0 Å². The van der Waals surface area contributed by atoms with Crippen LogP contribution in [0.2, 0.25) is 0 Å². The lowest BCUT2D eigenvalue weighted by Crippen LogP contribution is -2.36. The summed E-state index contributed by atoms with van der Waals surface area (Å²) in [5.41, 5.74) is 2.87. The fourth-order valence-corrected chi connectivity index (χ4v) is 4.33. The van der Waals surface area contributed by atoms with Gasteiger partial charge in [0.25, 0.3) is 0 Å². The van der Waals surface area contributed by atoms with Crippen LogP contribution in [-0.2, 0) is 4.79 Å². The molecule has 2 heterocycles. The average molecular weight is 344 g/mol. The monoisotopic (exact) mass is 344 g/mol. The van der Waals surface area contributed by atoms with Gasteiger partial charge in [-0.15, -0.1) is 0 Å². The fraction of sp³-hybridized carbons (Fsp3) is 0.286. The summed E-state index contributed by atoms with van der Waals surface area (Å²) >= 11 is 0. The van der Waals surface area contributed by atoms with Gasteiger partial charge in [0.15, 0.2) is 5.78 Å². The van der Waals surface area contributed by atoms with Crippen molar-refractivity contribution >= 4 is 22.5 Å². The molecule has 5 heteroatoms. The van der Waals surface area contributed by atoms with E-state index in [0.717, 1.165) is 34.0 Å². The Morgan fingerprint density at radius 2 is 1.92 bits per heavy atom. The SMILES string of the molecule is CC1(C)CC(=O)C2=C(C1)Nc1ncnn1[C@@H]2c1cccc2ccccc12. The van der Waals surface area contributed by atoms with E-state index in [-0.39, 0.29) is 17.2 Å². The fourth-order valence-electron chi connectivity index (χ4n) is 4.33. The third kappa shape index (κ3) is 2.20. The van der Waals surface area contributed by atoms with Gasteiger partial charge in [-0.3, -0.25) is 4.79 Å². The number of rotatable bonds is 1. The van der Waals surface area contributed by atoms with Crippen LogP contribution in [0.15, 0.2) is 60.1 Å². The summed E-state index contributed by atoms with van der Waals surface area (Å²) in [5, 5.41) is 10.1. The van der Waals surface area contributed by atoms with Crippen LogP contribution in [0.4, 0.5) is 5.95 Å². The highest BCUT2D eigenvalue weighted by Gasteiger charge is 2.41. The Morgan fingerprint density at radius 3 is 2.81 bits per heavy atom. The van der Waals surface area contributed by atoms with Crippen LogP contribution in [0.25, 0.3) is 10.8 Å². The number of carbonyl (C=O) groups is 1. The van der Waals surface area contributed by atoms with Gasteiger partial charge in [-0.2, -0.15) is 10.1 Å². The summed E-state index contributed by atoms with van der Waals surface area (Å²) in [6.07, 6.45) is 2.94. The number of fused-ring (bicyclic) bond motifs is 2. The minimum Gasteiger partial charge on any atom is -0.328 e. The minimum absolute atomic E-state index is 0.0472. The van der Waals surface area contributed by atoms with Crippen molar-refractivity contribution in [1.82, 2.24) is 14.8 Å². The van der Waals surface area contributed by atoms with Crippen molar-refractivity contribution in [3.63, 3.8) is 0 Å². The molecule has 1 N–H and O–H groups in total. The second-order valence-corrected chi connectivity index (χ2v) is 7.96. The molecule has 0 radical (unpaired) electrons. The van der Waals surface area contributed by atoms with Crippen molar-refractivity contribution in [2.45, 2.75) is 32.7 Å². The maximum Gasteiger partial charge on any atom is 0.226 e. The van der Waals surface area contributed by atoms with Crippen LogP contribution in [0.3, 0.4) is 0 Å². The predicted molar refractivity (Wildman–Crippen MR) is 101 cm³/mol. The summed E-state index contributed by atoms with van der Waals surface area (Å²) in [4.78, 5) is 17.5. The second-order valence-electron chi connectivity index (χ2n) is 7.96. The van der Waals surface area contributed by atoms with E-state index in [4.69, 9.17) is 0 Å². The molecule has 5 rings (SSSR count). The van der Waals surface area contributed by atoms with Gasteiger partial charge in [0, 0.05) is 17.7 Å². The van der Waals surface area contributed by atoms with Crippen molar-refractivity contribution in [1.29, 1.82) is 0 Å². The normalized spacial score (nSPS) is 21.3. The van der Waals surface area contributed by atoms with Crippen LogP contribution in [0.1, 0.15) is 38.3 Å². The number of hydrogen-bond acceptors (Lipinski definition) is 4. The van der Waals surface area contributed by atoms with E-state index in [1.807, 2.05) is 22.9 Å². The van der Waals surface area contributed by atoms with Gasteiger partial charge in [-0.1, -0.05) is 56.3 Å². The van der Waals surface area contributed by atoms with Gasteiger partial charge < -0.3 is 5.32 Å². The molecule has 0 fully saturated rings. The molecule has 5 nitrogen and oxygen atoms in total. The second kappa shape index (κ2) is 5.27. The largest absolute Gasteiger partial charge is 0.328 e. The average Bonchev–Trinajstić information content (AvgIpc) is 3.06. The summed E-state index contributed by atoms with van der Waals surface area (Å²) in [5.74, 6) is 0.898. The van der Waals surface area contributed by atoms with Gasteiger partial charge in [-0.25, -0.2) is 4.68 Å². The van der Waals surface area contributed by atoms with Crippen LogP contribution >= 0.6 is 0 Å². The molecule has 1 atom stereocenters. The molecule has 1 aliphatic heterocycles. The highest BCUT2D eigenvalue weighted by atomic mass is 16.1. The smallest absolute Gasteiger partial charge is 0.226 e. The van der Waals surface area contributed by atoms with Crippen molar-refractivity contribution in [2.75, 3.05) is 5.32 Å². The molecule has 1 aromatic heterocycles. The molecule has 0 amide bonds. The Kier molecular flexibility index (Phi) is 3.11. The van der Waals surface area contributed by atoms with E-state index in [1.165, 1.54) is 0 Å². The first-order chi connectivity index (χ1) is 12.5. The molecule has 0 spiro atoms. The number of nitrogens with zero attached hydrogens (tertiary/aromatic N) is 3. The number of aromatic nitrogens is 3. The van der Waals surface area contributed by atoms with Gasteiger partial charge in [-0.05, 0) is 28.2 Å². The maximum atomic E-state index is 13.1. The highest BCUT2D eigenvalue weighted by molar-refractivity contribution is 6.01. The summed E-state index contributed by atoms with van der Waals surface area (Å²) < 4.78 is 1.84. The number of nitrogens with one attached hydrogen (secondary N) is 1. The molecular weight excluding hydrogens is 324 g/mol. The van der Waals surface area contributed by atoms with Crippen LogP contribution in [0.5, 0.6) is 0 Å². The zero-order chi connectivity index (χ0) is 17.9. The lowest BCUT2D eigenvalue weighted by molar-refractivity contribution is -0.118. The summed E-state index contributed by atoms with van der Waals surface area (Å²) in [6, 6.07) is 14.3. The Hall–Kier alpha value is -2.95. The molecule has 2 aliphatic rings. The molecule has 0 unspecified atom stereocenters. The zero-order valence-electron chi connectivity index (χ0n) is 14.9. The number of allylic oxidation sites excluding steroid dienone is 2. The lowest BCUT2D eigenvalue weighted by Gasteiger charge is -2.38. The van der Waals surface area contributed by atoms with Crippen LogP contribution in [0, 0.1) is 5.41 Å². The minimum atomic E-state index is -0.238. The molecule has 2 aromatic carbocycles. The molecule has 0 saturated carbocycles. The number of carbonyl (C=O) groups excluding carboxylic acids is 1. The Morgan fingerprint density at radius 1 is 1.12 bits per heavy atom. The molecule has 3 aromatic rings. The van der Waals surface area contributed by atoms with E-state index < -0.39 is 0 Å². The molecule has 1 aliphatic carbocycles. The van der Waals surface area contributed by atoms with Gasteiger partial charge >= 0.3 is 0 Å². The molecular formula is C21H20N4O. The first-order valence-electron chi connectivity index (χ1n) is 8.94. The Balaban J connectivity index is 1.79. The first-order valence-corrected chi connectivity index (χ1v) is 8.94. The zero-order valence-corrected chi connectivity index (χ0v) is 14.9. The number of ketones is 1. The van der Waals surface area contributed by atoms with Crippen molar-refractivity contribution in [3.05, 3.63) is 65.6 Å². The van der Waals surface area contributed by atoms with E-state index in [9.17, 15) is 4.79 Å². The van der Waals surface area contributed by atoms with E-state index >= 15 is 0 Å². The van der Waals surface area contributed by atoms with Gasteiger partial charge in [0.2, 0.25) is 5.95 Å². The van der Waals surface area contributed by atoms with E-state index in [0.29, 0.717) is 12.4 Å². The topological polar surface area (TPSA) is 59.8 Å². The third-order valence-corrected chi connectivity index (χ3v) is 5.39. The van der Waals surface area contributed by atoms with Crippen molar-refractivity contribution < 1.29 is 4.79 Å². The number of benzene rings is 2. The molecule has 26 heavy (non-hydrogen) atoms. The molecule has 0 saturated heterocycles. The number of Topliss-reactive ketones (excluding diaryl/α,β-unsaturated/α-hetero) is 1. The van der Waals surface area contributed by atoms with E-state index in [2.05, 4.69) is 53.5 Å². The number of anilines is 1. The Labute approximate surface area is 151 Å². The summed E-state index contributed by atoms with van der Waals surface area (Å²) in [7, 11) is 0. The molecule has 0 bridgehead atoms. The van der Waals surface area contributed by atoms with Crippen molar-refractivity contribution in [3.8, 4) is 0 Å². The lowest BCUT2D eigenvalue weighted by atomic mass is 9.73. The Bertz CT molecular complexity index is 1070. The van der Waals surface area contributed by atoms with Gasteiger partial charge in [0.1, 0.15) is 12.4 Å². The molecule has 130 valence electrons. The van der Waals surface area contributed by atoms with Crippen LogP contribution in [-0.4, -0.2) is 20.5 Å². The van der Waals surface area contributed by atoms with Crippen molar-refractivity contribution in [2.24, 2.45) is 5.41 Å². The first kappa shape index (κ1) is 15.3. The number of hydrogen-bond donors (Lipinski definition) is 1. The maximum absolute atomic E-state index is 13.1. The quantitative estimate of drug-likeness (QED) is 0.722. The summed E-state index contributed by atoms with van der Waals surface area (Å²) in [6.45, 7) is 4.28.